The van der Waals surface area contributed by atoms with Crippen molar-refractivity contribution in [2.24, 2.45) is 0 Å². The normalized spacial score (nSPS) is 23.5. The second-order valence-electron chi connectivity index (χ2n) is 6.96. The molecule has 3 rings (SSSR count). The highest BCUT2D eigenvalue weighted by Gasteiger charge is 2.46. The minimum atomic E-state index is -0.456. The monoisotopic (exact) mass is 299 g/mol. The second-order valence-corrected chi connectivity index (χ2v) is 6.96. The van der Waals surface area contributed by atoms with Gasteiger partial charge in [-0.25, -0.2) is 9.64 Å². The summed E-state index contributed by atoms with van der Waals surface area (Å²) in [4.78, 5) is 19.9. The maximum atomic E-state index is 12.2. The highest BCUT2D eigenvalue weighted by atomic mass is 16.6. The number of rotatable bonds is 1. The van der Waals surface area contributed by atoms with Crippen LogP contribution in [-0.2, 0) is 4.74 Å². The van der Waals surface area contributed by atoms with Gasteiger partial charge in [0.2, 0.25) is 0 Å². The number of hydrogen-bond acceptors (Lipinski definition) is 3. The molecular formula is C17H21N3O2. The number of carbonyl (C=O) groups is 1. The molecule has 116 valence electrons. The molecule has 0 unspecified atom stereocenters. The molecule has 1 aromatic carbocycles. The van der Waals surface area contributed by atoms with E-state index in [-0.39, 0.29) is 12.1 Å². The van der Waals surface area contributed by atoms with Crippen molar-refractivity contribution in [3.05, 3.63) is 35.7 Å². The molecule has 2 saturated heterocycles. The SMILES string of the molecule is [C-]#[N+]c1cccc(N2C[C@H]3C[C@@H]2CN3C(=O)OC(C)(C)C)c1. The molecule has 1 amide bonds. The lowest BCUT2D eigenvalue weighted by atomic mass is 10.2. The molecule has 2 aliphatic rings. The molecule has 5 nitrogen and oxygen atoms in total. The Morgan fingerprint density at radius 1 is 1.32 bits per heavy atom. The van der Waals surface area contributed by atoms with Crippen LogP contribution in [0, 0.1) is 6.57 Å². The van der Waals surface area contributed by atoms with Gasteiger partial charge in [0.25, 0.3) is 0 Å². The van der Waals surface area contributed by atoms with E-state index in [4.69, 9.17) is 11.3 Å². The van der Waals surface area contributed by atoms with Gasteiger partial charge in [0.15, 0.2) is 5.69 Å². The number of nitrogens with zero attached hydrogens (tertiary/aromatic N) is 3. The Hall–Kier alpha value is -2.22. The Labute approximate surface area is 131 Å². The number of likely N-dealkylation sites (tertiary alicyclic amines) is 1. The molecule has 0 spiro atoms. The number of benzene rings is 1. The van der Waals surface area contributed by atoms with Crippen molar-refractivity contribution < 1.29 is 9.53 Å². The van der Waals surface area contributed by atoms with Gasteiger partial charge in [-0.15, -0.1) is 0 Å². The van der Waals surface area contributed by atoms with Crippen LogP contribution in [0.5, 0.6) is 0 Å². The number of amides is 1. The third kappa shape index (κ3) is 2.74. The molecular weight excluding hydrogens is 278 g/mol. The van der Waals surface area contributed by atoms with Crippen molar-refractivity contribution >= 4 is 17.5 Å². The zero-order valence-corrected chi connectivity index (χ0v) is 13.2. The van der Waals surface area contributed by atoms with E-state index in [1.807, 2.05) is 49.9 Å². The summed E-state index contributed by atoms with van der Waals surface area (Å²) < 4.78 is 5.48. The van der Waals surface area contributed by atoms with Crippen LogP contribution in [0.2, 0.25) is 0 Å². The van der Waals surface area contributed by atoms with Crippen LogP contribution in [0.1, 0.15) is 27.2 Å². The molecule has 0 saturated carbocycles. The summed E-state index contributed by atoms with van der Waals surface area (Å²) in [5.41, 5.74) is 1.27. The summed E-state index contributed by atoms with van der Waals surface area (Å²) >= 11 is 0. The lowest BCUT2D eigenvalue weighted by molar-refractivity contribution is 0.0215. The first-order chi connectivity index (χ1) is 10.4. The Kier molecular flexibility index (Phi) is 3.48. The topological polar surface area (TPSA) is 37.1 Å². The van der Waals surface area contributed by atoms with Gasteiger partial charge in [-0.1, -0.05) is 12.1 Å². The average Bonchev–Trinajstić information content (AvgIpc) is 3.05. The predicted molar refractivity (Wildman–Crippen MR) is 85.2 cm³/mol. The van der Waals surface area contributed by atoms with E-state index in [0.29, 0.717) is 18.3 Å². The summed E-state index contributed by atoms with van der Waals surface area (Å²) in [5.74, 6) is 0. The van der Waals surface area contributed by atoms with Gasteiger partial charge in [0.1, 0.15) is 5.60 Å². The summed E-state index contributed by atoms with van der Waals surface area (Å²) in [6.45, 7) is 14.3. The zero-order chi connectivity index (χ0) is 15.9. The average molecular weight is 299 g/mol. The molecule has 2 fully saturated rings. The molecule has 22 heavy (non-hydrogen) atoms. The highest BCUT2D eigenvalue weighted by molar-refractivity contribution is 5.70. The number of ether oxygens (including phenoxy) is 1. The van der Waals surface area contributed by atoms with Crippen molar-refractivity contribution in [3.63, 3.8) is 0 Å². The van der Waals surface area contributed by atoms with E-state index in [0.717, 1.165) is 18.7 Å². The van der Waals surface area contributed by atoms with Crippen molar-refractivity contribution in [2.45, 2.75) is 44.9 Å². The molecule has 0 radical (unpaired) electrons. The van der Waals surface area contributed by atoms with Crippen LogP contribution in [-0.4, -0.2) is 41.8 Å². The maximum absolute atomic E-state index is 12.2. The van der Waals surface area contributed by atoms with Gasteiger partial charge in [0.05, 0.1) is 12.6 Å². The Morgan fingerprint density at radius 3 is 2.68 bits per heavy atom. The smallest absolute Gasteiger partial charge is 0.410 e. The molecule has 2 aliphatic heterocycles. The number of anilines is 1. The lowest BCUT2D eigenvalue weighted by Gasteiger charge is -2.36. The van der Waals surface area contributed by atoms with Gasteiger partial charge in [0, 0.05) is 24.8 Å². The zero-order valence-electron chi connectivity index (χ0n) is 13.2. The van der Waals surface area contributed by atoms with Crippen molar-refractivity contribution in [1.82, 2.24) is 4.90 Å². The van der Waals surface area contributed by atoms with E-state index in [1.165, 1.54) is 0 Å². The number of carbonyl (C=O) groups excluding carboxylic acids is 1. The summed E-state index contributed by atoms with van der Waals surface area (Å²) in [6, 6.07) is 8.21. The summed E-state index contributed by atoms with van der Waals surface area (Å²) in [7, 11) is 0. The minimum Gasteiger partial charge on any atom is -0.444 e. The summed E-state index contributed by atoms with van der Waals surface area (Å²) in [5, 5.41) is 0. The third-order valence-corrected chi connectivity index (χ3v) is 4.16. The molecule has 0 aromatic heterocycles. The van der Waals surface area contributed by atoms with E-state index in [2.05, 4.69) is 9.74 Å². The van der Waals surface area contributed by atoms with Crippen molar-refractivity contribution in [2.75, 3.05) is 18.0 Å². The van der Waals surface area contributed by atoms with Gasteiger partial charge < -0.3 is 14.5 Å². The molecule has 2 atom stereocenters. The fourth-order valence-electron chi connectivity index (χ4n) is 3.27. The van der Waals surface area contributed by atoms with Crippen molar-refractivity contribution in [3.8, 4) is 0 Å². The molecule has 0 N–H and O–H groups in total. The van der Waals surface area contributed by atoms with Crippen LogP contribution in [0.4, 0.5) is 16.2 Å². The maximum Gasteiger partial charge on any atom is 0.410 e. The van der Waals surface area contributed by atoms with Gasteiger partial charge >= 0.3 is 6.09 Å². The Morgan fingerprint density at radius 2 is 2.09 bits per heavy atom. The fraction of sp³-hybridized carbons (Fsp3) is 0.529. The van der Waals surface area contributed by atoms with Crippen molar-refractivity contribution in [1.29, 1.82) is 0 Å². The Bertz CT molecular complexity index is 630. The first kappa shape index (κ1) is 14.7. The molecule has 5 heteroatoms. The van der Waals surface area contributed by atoms with E-state index >= 15 is 0 Å². The predicted octanol–water partition coefficient (Wildman–Crippen LogP) is 3.44. The van der Waals surface area contributed by atoms with Gasteiger partial charge in [-0.2, -0.15) is 0 Å². The van der Waals surface area contributed by atoms with E-state index in [1.54, 1.807) is 0 Å². The molecule has 1 aromatic rings. The standard InChI is InChI=1S/C17H21N3O2/c1-17(2,3)22-16(21)20-11-14-9-15(20)10-19(14)13-7-5-6-12(8-13)18-4/h5-8,14-15H,9-11H2,1-3H3/t14-,15-/m1/s1. The largest absolute Gasteiger partial charge is 0.444 e. The van der Waals surface area contributed by atoms with E-state index < -0.39 is 5.60 Å². The van der Waals surface area contributed by atoms with Crippen LogP contribution in [0.3, 0.4) is 0 Å². The lowest BCUT2D eigenvalue weighted by Crippen LogP contribution is -2.50. The number of fused-ring (bicyclic) bond motifs is 2. The van der Waals surface area contributed by atoms with Crippen LogP contribution < -0.4 is 4.90 Å². The van der Waals surface area contributed by atoms with Crippen LogP contribution in [0.25, 0.3) is 4.85 Å². The van der Waals surface area contributed by atoms with Crippen LogP contribution in [0.15, 0.2) is 24.3 Å². The Balaban J connectivity index is 1.69. The first-order valence-electron chi connectivity index (χ1n) is 7.61. The van der Waals surface area contributed by atoms with Crippen LogP contribution >= 0.6 is 0 Å². The first-order valence-corrected chi connectivity index (χ1v) is 7.61. The second kappa shape index (κ2) is 5.20. The summed E-state index contributed by atoms with van der Waals surface area (Å²) in [6.07, 6.45) is 0.760. The molecule has 0 aliphatic carbocycles. The van der Waals surface area contributed by atoms with Gasteiger partial charge in [-0.3, -0.25) is 0 Å². The van der Waals surface area contributed by atoms with E-state index in [9.17, 15) is 4.79 Å². The number of hydrogen-bond donors (Lipinski definition) is 0. The van der Waals surface area contributed by atoms with Gasteiger partial charge in [-0.05, 0) is 39.3 Å². The highest BCUT2D eigenvalue weighted by Crippen LogP contribution is 2.36. The quantitative estimate of drug-likeness (QED) is 0.745. The number of piperazine rings is 1. The minimum absolute atomic E-state index is 0.205. The third-order valence-electron chi connectivity index (χ3n) is 4.16. The fourth-order valence-corrected chi connectivity index (χ4v) is 3.27. The molecule has 2 heterocycles. The molecule has 2 bridgehead atoms.